The summed E-state index contributed by atoms with van der Waals surface area (Å²) in [4.78, 5) is 21.3. The lowest BCUT2D eigenvalue weighted by molar-refractivity contribution is -0.384. The van der Waals surface area contributed by atoms with E-state index < -0.39 is 10.8 Å². The number of halogens is 2. The van der Waals surface area contributed by atoms with Gasteiger partial charge in [0.15, 0.2) is 0 Å². The molecule has 3 N–H and O–H groups in total. The summed E-state index contributed by atoms with van der Waals surface area (Å²) in [6.45, 7) is 0. The molecule has 2 rings (SSSR count). The molecule has 2 aromatic rings. The van der Waals surface area contributed by atoms with Crippen LogP contribution in [-0.4, -0.2) is 15.9 Å². The average Bonchev–Trinajstić information content (AvgIpc) is 2.41. The summed E-state index contributed by atoms with van der Waals surface area (Å²) in [6, 6.07) is 6.67. The van der Waals surface area contributed by atoms with Crippen LogP contribution in [0.4, 0.5) is 5.69 Å². The molecule has 0 heterocycles. The van der Waals surface area contributed by atoms with Gasteiger partial charge in [0.2, 0.25) is 0 Å². The second kappa shape index (κ2) is 5.59. The first-order valence-electron chi connectivity index (χ1n) is 5.58. The van der Waals surface area contributed by atoms with Gasteiger partial charge in [0, 0.05) is 17.2 Å². The lowest BCUT2D eigenvalue weighted by atomic mass is 10.0. The molecule has 0 fully saturated rings. The average molecular weight is 327 g/mol. The van der Waals surface area contributed by atoms with Gasteiger partial charge in [-0.15, -0.1) is 0 Å². The first-order valence-corrected chi connectivity index (χ1v) is 6.34. The molecule has 0 aliphatic heterocycles. The van der Waals surface area contributed by atoms with E-state index in [4.69, 9.17) is 28.9 Å². The Morgan fingerprint density at radius 1 is 1.19 bits per heavy atom. The molecule has 21 heavy (non-hydrogen) atoms. The first-order chi connectivity index (χ1) is 9.82. The molecular weight excluding hydrogens is 319 g/mol. The van der Waals surface area contributed by atoms with Crippen LogP contribution in [0.5, 0.6) is 5.75 Å². The maximum absolute atomic E-state index is 11.2. The molecule has 108 valence electrons. The van der Waals surface area contributed by atoms with Crippen molar-refractivity contribution in [3.63, 3.8) is 0 Å². The van der Waals surface area contributed by atoms with E-state index >= 15 is 0 Å². The second-order valence-electron chi connectivity index (χ2n) is 4.11. The van der Waals surface area contributed by atoms with Crippen molar-refractivity contribution < 1.29 is 14.8 Å². The summed E-state index contributed by atoms with van der Waals surface area (Å²) in [5, 5.41) is 20.7. The van der Waals surface area contributed by atoms with Crippen molar-refractivity contribution in [3.8, 4) is 16.9 Å². The molecule has 8 heteroatoms. The van der Waals surface area contributed by atoms with E-state index in [0.29, 0.717) is 0 Å². The van der Waals surface area contributed by atoms with Crippen LogP contribution >= 0.6 is 23.2 Å². The normalized spacial score (nSPS) is 10.4. The number of aromatic hydroxyl groups is 1. The highest BCUT2D eigenvalue weighted by molar-refractivity contribution is 6.37. The van der Waals surface area contributed by atoms with Crippen LogP contribution in [0.1, 0.15) is 10.4 Å². The molecule has 0 aliphatic carbocycles. The van der Waals surface area contributed by atoms with E-state index in [1.165, 1.54) is 24.3 Å². The third kappa shape index (κ3) is 2.76. The standard InChI is InChI=1S/C13H8Cl2N2O4/c14-9-5-11(17(20)21)10(15)4-8(9)6-2-1-3-7(12(6)18)13(16)19/h1-5,18H,(H2,16,19). The van der Waals surface area contributed by atoms with Gasteiger partial charge in [-0.2, -0.15) is 0 Å². The molecule has 0 saturated heterocycles. The number of carbonyl (C=O) groups excluding carboxylic acids is 1. The molecular formula is C13H8Cl2N2O4. The third-order valence-corrected chi connectivity index (χ3v) is 3.44. The predicted octanol–water partition coefficient (Wildman–Crippen LogP) is 3.37. The summed E-state index contributed by atoms with van der Waals surface area (Å²) in [7, 11) is 0. The molecule has 2 aromatic carbocycles. The number of nitrogens with two attached hydrogens (primary N) is 1. The maximum Gasteiger partial charge on any atom is 0.289 e. The number of benzene rings is 2. The lowest BCUT2D eigenvalue weighted by Crippen LogP contribution is -2.11. The number of carbonyl (C=O) groups is 1. The molecule has 0 unspecified atom stereocenters. The van der Waals surface area contributed by atoms with Crippen LogP contribution < -0.4 is 5.73 Å². The number of primary amides is 1. The number of amides is 1. The van der Waals surface area contributed by atoms with E-state index in [-0.39, 0.29) is 38.2 Å². The fraction of sp³-hybridized carbons (Fsp3) is 0. The summed E-state index contributed by atoms with van der Waals surface area (Å²) < 4.78 is 0. The Kier molecular flexibility index (Phi) is 4.02. The number of nitro groups is 1. The Labute approximate surface area is 128 Å². The Balaban J connectivity index is 2.68. The number of nitrogens with zero attached hydrogens (tertiary/aromatic N) is 1. The van der Waals surface area contributed by atoms with Gasteiger partial charge in [-0.25, -0.2) is 0 Å². The zero-order valence-corrected chi connectivity index (χ0v) is 11.9. The lowest BCUT2D eigenvalue weighted by Gasteiger charge is -2.10. The molecule has 0 radical (unpaired) electrons. The zero-order chi connectivity index (χ0) is 15.7. The Bertz CT molecular complexity index is 762. The minimum atomic E-state index is -0.807. The number of phenols is 1. The van der Waals surface area contributed by atoms with Gasteiger partial charge in [0.1, 0.15) is 10.8 Å². The zero-order valence-electron chi connectivity index (χ0n) is 10.3. The van der Waals surface area contributed by atoms with Crippen molar-refractivity contribution in [3.05, 3.63) is 56.1 Å². The molecule has 0 spiro atoms. The van der Waals surface area contributed by atoms with E-state index in [9.17, 15) is 20.0 Å². The largest absolute Gasteiger partial charge is 0.506 e. The summed E-state index contributed by atoms with van der Waals surface area (Å²) in [5.74, 6) is -1.17. The van der Waals surface area contributed by atoms with Crippen molar-refractivity contribution in [1.29, 1.82) is 0 Å². The summed E-state index contributed by atoms with van der Waals surface area (Å²) in [6.07, 6.45) is 0. The predicted molar refractivity (Wildman–Crippen MR) is 78.7 cm³/mol. The number of nitro benzene ring substituents is 1. The smallest absolute Gasteiger partial charge is 0.289 e. The van der Waals surface area contributed by atoms with Crippen molar-refractivity contribution in [2.75, 3.05) is 0 Å². The fourth-order valence-corrected chi connectivity index (χ4v) is 2.33. The van der Waals surface area contributed by atoms with E-state index in [1.54, 1.807) is 0 Å². The number of para-hydroxylation sites is 1. The van der Waals surface area contributed by atoms with E-state index in [0.717, 1.165) is 6.07 Å². The van der Waals surface area contributed by atoms with Crippen LogP contribution in [0.25, 0.3) is 11.1 Å². The minimum Gasteiger partial charge on any atom is -0.506 e. The third-order valence-electron chi connectivity index (χ3n) is 2.82. The molecule has 0 saturated carbocycles. The molecule has 0 aliphatic rings. The van der Waals surface area contributed by atoms with Crippen LogP contribution in [0.2, 0.25) is 10.0 Å². The minimum absolute atomic E-state index is 0.0167. The van der Waals surface area contributed by atoms with Crippen molar-refractivity contribution in [2.24, 2.45) is 5.73 Å². The highest BCUT2D eigenvalue weighted by atomic mass is 35.5. The monoisotopic (exact) mass is 326 g/mol. The quantitative estimate of drug-likeness (QED) is 0.665. The van der Waals surface area contributed by atoms with Crippen LogP contribution in [0.15, 0.2) is 30.3 Å². The molecule has 0 aromatic heterocycles. The Hall–Kier alpha value is -2.31. The number of hydrogen-bond donors (Lipinski definition) is 2. The Morgan fingerprint density at radius 3 is 2.43 bits per heavy atom. The number of rotatable bonds is 3. The Morgan fingerprint density at radius 2 is 1.86 bits per heavy atom. The van der Waals surface area contributed by atoms with Gasteiger partial charge in [-0.3, -0.25) is 14.9 Å². The van der Waals surface area contributed by atoms with E-state index in [1.807, 2.05) is 0 Å². The van der Waals surface area contributed by atoms with Gasteiger partial charge >= 0.3 is 0 Å². The SMILES string of the molecule is NC(=O)c1cccc(-c2cc(Cl)c([N+](=O)[O-])cc2Cl)c1O. The van der Waals surface area contributed by atoms with Gasteiger partial charge in [0.05, 0.1) is 15.5 Å². The molecule has 1 amide bonds. The first kappa shape index (κ1) is 15.1. The maximum atomic E-state index is 11.2. The summed E-state index contributed by atoms with van der Waals surface area (Å²) in [5.41, 5.74) is 5.17. The summed E-state index contributed by atoms with van der Waals surface area (Å²) >= 11 is 11.8. The van der Waals surface area contributed by atoms with Gasteiger partial charge in [-0.05, 0) is 12.1 Å². The van der Waals surface area contributed by atoms with Gasteiger partial charge in [0.25, 0.3) is 11.6 Å². The molecule has 0 atom stereocenters. The van der Waals surface area contributed by atoms with Gasteiger partial charge < -0.3 is 10.8 Å². The van der Waals surface area contributed by atoms with Crippen LogP contribution in [0, 0.1) is 10.1 Å². The molecule has 6 nitrogen and oxygen atoms in total. The van der Waals surface area contributed by atoms with Crippen molar-refractivity contribution in [2.45, 2.75) is 0 Å². The topological polar surface area (TPSA) is 106 Å². The fourth-order valence-electron chi connectivity index (χ4n) is 1.84. The van der Waals surface area contributed by atoms with Crippen molar-refractivity contribution in [1.82, 2.24) is 0 Å². The van der Waals surface area contributed by atoms with Gasteiger partial charge in [-0.1, -0.05) is 35.3 Å². The van der Waals surface area contributed by atoms with Crippen LogP contribution in [-0.2, 0) is 0 Å². The van der Waals surface area contributed by atoms with E-state index in [2.05, 4.69) is 0 Å². The second-order valence-corrected chi connectivity index (χ2v) is 4.92. The van der Waals surface area contributed by atoms with Crippen molar-refractivity contribution >= 4 is 34.8 Å². The highest BCUT2D eigenvalue weighted by Crippen LogP contribution is 2.40. The highest BCUT2D eigenvalue weighted by Gasteiger charge is 2.20. The number of hydrogen-bond acceptors (Lipinski definition) is 4. The molecule has 0 bridgehead atoms. The van der Waals surface area contributed by atoms with Crippen LogP contribution in [0.3, 0.4) is 0 Å².